The smallest absolute Gasteiger partial charge is 0.336 e. The van der Waals surface area contributed by atoms with E-state index in [9.17, 15) is 24.3 Å². The molecule has 1 aliphatic carbocycles. The summed E-state index contributed by atoms with van der Waals surface area (Å²) in [5, 5.41) is 10.6. The molecule has 2 amide bonds. The van der Waals surface area contributed by atoms with E-state index in [1.807, 2.05) is 19.1 Å². The minimum Gasteiger partial charge on any atom is -0.508 e. The fourth-order valence-electron chi connectivity index (χ4n) is 4.23. The summed E-state index contributed by atoms with van der Waals surface area (Å²) < 4.78 is 10.4. The molecule has 0 bridgehead atoms. The van der Waals surface area contributed by atoms with Gasteiger partial charge in [-0.1, -0.05) is 19.1 Å². The zero-order valence-corrected chi connectivity index (χ0v) is 17.1. The number of amides is 2. The third-order valence-electron chi connectivity index (χ3n) is 5.94. The second-order valence-electron chi connectivity index (χ2n) is 7.82. The van der Waals surface area contributed by atoms with Crippen LogP contribution in [-0.4, -0.2) is 34.3 Å². The molecule has 0 saturated carbocycles. The number of carbonyl (C=O) groups is 3. The molecule has 2 atom stereocenters. The van der Waals surface area contributed by atoms with Gasteiger partial charge in [0, 0.05) is 29.6 Å². The number of imide groups is 1. The molecular formula is C23H23NO7. The minimum atomic E-state index is -0.619. The number of allylic oxidation sites excluding steroid dienone is 2. The normalized spacial score (nSPS) is 20.4. The Morgan fingerprint density at radius 3 is 2.42 bits per heavy atom. The molecule has 1 saturated heterocycles. The van der Waals surface area contributed by atoms with E-state index in [2.05, 4.69) is 0 Å². The van der Waals surface area contributed by atoms with Gasteiger partial charge in [0.15, 0.2) is 0 Å². The van der Waals surface area contributed by atoms with Crippen LogP contribution in [0.25, 0.3) is 11.0 Å². The quantitative estimate of drug-likeness (QED) is 0.327. The first-order valence-electron chi connectivity index (χ1n) is 10.3. The Bertz CT molecular complexity index is 1120. The fraction of sp³-hybridized carbons (Fsp3) is 0.391. The third kappa shape index (κ3) is 3.97. The fourth-order valence-corrected chi connectivity index (χ4v) is 4.23. The average Bonchev–Trinajstić information content (AvgIpc) is 3.00. The average molecular weight is 425 g/mol. The Kier molecular flexibility index (Phi) is 5.63. The zero-order chi connectivity index (χ0) is 22.1. The third-order valence-corrected chi connectivity index (χ3v) is 5.94. The van der Waals surface area contributed by atoms with Crippen LogP contribution in [0.2, 0.25) is 0 Å². The van der Waals surface area contributed by atoms with E-state index in [-0.39, 0.29) is 54.6 Å². The number of likely N-dealkylation sites (tertiary alicyclic amines) is 1. The van der Waals surface area contributed by atoms with Crippen LogP contribution in [0.1, 0.15) is 37.3 Å². The van der Waals surface area contributed by atoms with Crippen molar-refractivity contribution in [1.29, 1.82) is 0 Å². The van der Waals surface area contributed by atoms with E-state index in [1.54, 1.807) is 6.07 Å². The number of hydrogen-bond donors (Lipinski definition) is 1. The summed E-state index contributed by atoms with van der Waals surface area (Å²) in [5.41, 5.74) is 0.722. The maximum atomic E-state index is 12.5. The standard InChI is InChI=1S/C23H23NO7/c1-2-13-9-17-14(10-21(27)31-19(17)11-18(13)25)12-30-20(26)7-8-24-22(28)15-5-3-4-6-16(15)23(24)29/h3-4,9-11,15-16,25H,2,5-8,12H2,1H3. The summed E-state index contributed by atoms with van der Waals surface area (Å²) >= 11 is 0. The number of phenolic OH excluding ortho intramolecular Hbond substituents is 1. The Morgan fingerprint density at radius 2 is 1.77 bits per heavy atom. The number of benzene rings is 1. The van der Waals surface area contributed by atoms with Gasteiger partial charge in [-0.3, -0.25) is 19.3 Å². The van der Waals surface area contributed by atoms with Gasteiger partial charge in [-0.05, 0) is 30.9 Å². The van der Waals surface area contributed by atoms with Crippen molar-refractivity contribution in [2.45, 2.75) is 39.2 Å². The molecular weight excluding hydrogens is 402 g/mol. The minimum absolute atomic E-state index is 0.0188. The van der Waals surface area contributed by atoms with E-state index in [4.69, 9.17) is 9.15 Å². The largest absolute Gasteiger partial charge is 0.508 e. The highest BCUT2D eigenvalue weighted by atomic mass is 16.5. The summed E-state index contributed by atoms with van der Waals surface area (Å²) in [4.78, 5) is 50.2. The molecule has 8 heteroatoms. The molecule has 0 radical (unpaired) electrons. The molecule has 4 rings (SSSR count). The van der Waals surface area contributed by atoms with Crippen molar-refractivity contribution in [3.8, 4) is 5.75 Å². The van der Waals surface area contributed by atoms with Gasteiger partial charge in [0.05, 0.1) is 18.3 Å². The van der Waals surface area contributed by atoms with Crippen LogP contribution in [-0.2, 0) is 32.1 Å². The van der Waals surface area contributed by atoms with E-state index in [0.29, 0.717) is 35.8 Å². The number of carbonyl (C=O) groups excluding carboxylic acids is 3. The Balaban J connectivity index is 1.41. The van der Waals surface area contributed by atoms with Gasteiger partial charge in [-0.25, -0.2) is 4.79 Å². The number of rotatable bonds is 6. The van der Waals surface area contributed by atoms with Crippen LogP contribution in [0, 0.1) is 11.8 Å². The van der Waals surface area contributed by atoms with Crippen LogP contribution in [0.15, 0.2) is 39.6 Å². The second kappa shape index (κ2) is 8.37. The molecule has 2 aliphatic rings. The summed E-state index contributed by atoms with van der Waals surface area (Å²) in [6.45, 7) is 1.70. The first kappa shape index (κ1) is 20.8. The van der Waals surface area contributed by atoms with Gasteiger partial charge in [0.25, 0.3) is 0 Å². The molecule has 2 unspecified atom stereocenters. The van der Waals surface area contributed by atoms with Crippen LogP contribution >= 0.6 is 0 Å². The molecule has 2 aromatic rings. The Hall–Kier alpha value is -3.42. The predicted molar refractivity (Wildman–Crippen MR) is 110 cm³/mol. The first-order valence-corrected chi connectivity index (χ1v) is 10.3. The number of ether oxygens (including phenoxy) is 1. The summed E-state index contributed by atoms with van der Waals surface area (Å²) in [6, 6.07) is 4.32. The highest BCUT2D eigenvalue weighted by molar-refractivity contribution is 6.05. The van der Waals surface area contributed by atoms with Crippen LogP contribution in [0.5, 0.6) is 5.75 Å². The number of hydrogen-bond acceptors (Lipinski definition) is 7. The number of aromatic hydroxyl groups is 1. The number of phenols is 1. The van der Waals surface area contributed by atoms with Crippen molar-refractivity contribution in [2.75, 3.05) is 6.54 Å². The Morgan fingerprint density at radius 1 is 1.10 bits per heavy atom. The van der Waals surface area contributed by atoms with E-state index in [1.165, 1.54) is 12.1 Å². The van der Waals surface area contributed by atoms with Crippen LogP contribution in [0.4, 0.5) is 0 Å². The van der Waals surface area contributed by atoms with Gasteiger partial charge >= 0.3 is 11.6 Å². The van der Waals surface area contributed by atoms with Crippen molar-refractivity contribution in [2.24, 2.45) is 11.8 Å². The summed E-state index contributed by atoms with van der Waals surface area (Å²) in [5.74, 6) is -1.66. The van der Waals surface area contributed by atoms with Crippen molar-refractivity contribution < 1.29 is 28.6 Å². The molecule has 1 aromatic carbocycles. The predicted octanol–water partition coefficient (Wildman–Crippen LogP) is 2.45. The summed E-state index contributed by atoms with van der Waals surface area (Å²) in [6.07, 6.45) is 5.38. The topological polar surface area (TPSA) is 114 Å². The number of nitrogens with zero attached hydrogens (tertiary/aromatic N) is 1. The van der Waals surface area contributed by atoms with Crippen molar-refractivity contribution in [3.05, 3.63) is 51.9 Å². The molecule has 31 heavy (non-hydrogen) atoms. The van der Waals surface area contributed by atoms with E-state index >= 15 is 0 Å². The lowest BCUT2D eigenvalue weighted by Crippen LogP contribution is -2.33. The van der Waals surface area contributed by atoms with E-state index in [0.717, 1.165) is 4.90 Å². The molecule has 1 aliphatic heterocycles. The molecule has 1 fully saturated rings. The van der Waals surface area contributed by atoms with E-state index < -0.39 is 11.6 Å². The van der Waals surface area contributed by atoms with Crippen molar-refractivity contribution in [3.63, 3.8) is 0 Å². The van der Waals surface area contributed by atoms with Gasteiger partial charge < -0.3 is 14.3 Å². The zero-order valence-electron chi connectivity index (χ0n) is 17.1. The SMILES string of the molecule is CCc1cc2c(COC(=O)CCN3C(=O)C4CC=CCC4C3=O)cc(=O)oc2cc1O. The van der Waals surface area contributed by atoms with Gasteiger partial charge in [0.1, 0.15) is 17.9 Å². The lowest BCUT2D eigenvalue weighted by Gasteiger charge is -2.14. The lowest BCUT2D eigenvalue weighted by atomic mass is 9.85. The van der Waals surface area contributed by atoms with Gasteiger partial charge in [0.2, 0.25) is 11.8 Å². The number of aryl methyl sites for hydroxylation is 1. The van der Waals surface area contributed by atoms with Crippen molar-refractivity contribution in [1.82, 2.24) is 4.90 Å². The molecule has 1 aromatic heterocycles. The number of fused-ring (bicyclic) bond motifs is 2. The molecule has 0 spiro atoms. The number of esters is 1. The van der Waals surface area contributed by atoms with Gasteiger partial charge in [-0.2, -0.15) is 0 Å². The van der Waals surface area contributed by atoms with Gasteiger partial charge in [-0.15, -0.1) is 0 Å². The Labute approximate surface area is 178 Å². The highest BCUT2D eigenvalue weighted by Gasteiger charge is 2.46. The van der Waals surface area contributed by atoms with Crippen LogP contribution in [0.3, 0.4) is 0 Å². The first-order chi connectivity index (χ1) is 14.9. The molecule has 2 heterocycles. The molecule has 1 N–H and O–H groups in total. The molecule has 162 valence electrons. The van der Waals surface area contributed by atoms with Crippen molar-refractivity contribution >= 4 is 28.8 Å². The molecule has 8 nitrogen and oxygen atoms in total. The maximum Gasteiger partial charge on any atom is 0.336 e. The summed E-state index contributed by atoms with van der Waals surface area (Å²) in [7, 11) is 0. The highest BCUT2D eigenvalue weighted by Crippen LogP contribution is 2.35. The lowest BCUT2D eigenvalue weighted by molar-refractivity contribution is -0.146. The maximum absolute atomic E-state index is 12.5. The second-order valence-corrected chi connectivity index (χ2v) is 7.82. The van der Waals surface area contributed by atoms with Crippen LogP contribution < -0.4 is 5.63 Å². The monoisotopic (exact) mass is 425 g/mol.